The van der Waals surface area contributed by atoms with E-state index in [9.17, 15) is 14.7 Å². The van der Waals surface area contributed by atoms with Gasteiger partial charge in [-0.1, -0.05) is 30.3 Å². The molecule has 109 valence electrons. The number of carbonyl (C=O) groups excluding carboxylic acids is 2. The Kier molecular flexibility index (Phi) is 5.22. The SMILES string of the molecule is O=[C][C@H](Cc1c[nH]cn1)NC(=O)C(O)Cc1ccccc1. The molecule has 0 aliphatic carbocycles. The molecule has 6 heteroatoms. The summed E-state index contributed by atoms with van der Waals surface area (Å²) >= 11 is 0. The first-order valence-electron chi connectivity index (χ1n) is 6.56. The average molecular weight is 286 g/mol. The molecular weight excluding hydrogens is 270 g/mol. The Morgan fingerprint density at radius 1 is 1.33 bits per heavy atom. The van der Waals surface area contributed by atoms with Gasteiger partial charge in [-0.2, -0.15) is 0 Å². The Morgan fingerprint density at radius 3 is 2.71 bits per heavy atom. The van der Waals surface area contributed by atoms with Crippen LogP contribution in [0.5, 0.6) is 0 Å². The molecule has 2 rings (SSSR count). The van der Waals surface area contributed by atoms with Gasteiger partial charge in [0, 0.05) is 19.0 Å². The summed E-state index contributed by atoms with van der Waals surface area (Å²) in [4.78, 5) is 29.5. The van der Waals surface area contributed by atoms with Gasteiger partial charge in [0.25, 0.3) is 0 Å². The Morgan fingerprint density at radius 2 is 2.10 bits per heavy atom. The van der Waals surface area contributed by atoms with E-state index in [0.717, 1.165) is 5.56 Å². The minimum atomic E-state index is -1.21. The molecule has 1 radical (unpaired) electrons. The van der Waals surface area contributed by atoms with Crippen LogP contribution < -0.4 is 5.32 Å². The standard InChI is InChI=1S/C15H16N3O3/c19-9-13(7-12-8-16-10-17-12)18-15(21)14(20)6-11-4-2-1-3-5-11/h1-5,8,10,13-14,20H,6-7H2,(H,16,17)(H,18,21)/t13-,14?/m0/s1. The molecule has 2 aromatic rings. The molecule has 21 heavy (non-hydrogen) atoms. The molecule has 2 atom stereocenters. The minimum absolute atomic E-state index is 0.195. The number of aliphatic hydroxyl groups excluding tert-OH is 1. The number of aromatic amines is 1. The van der Waals surface area contributed by atoms with Crippen molar-refractivity contribution in [2.45, 2.75) is 25.0 Å². The number of carbonyl (C=O) groups is 1. The lowest BCUT2D eigenvalue weighted by Gasteiger charge is -2.15. The van der Waals surface area contributed by atoms with Gasteiger partial charge in [-0.05, 0) is 5.56 Å². The van der Waals surface area contributed by atoms with Gasteiger partial charge in [-0.25, -0.2) is 4.98 Å². The lowest BCUT2D eigenvalue weighted by Crippen LogP contribution is -2.44. The van der Waals surface area contributed by atoms with Crippen LogP contribution in [-0.2, 0) is 22.4 Å². The predicted octanol–water partition coefficient (Wildman–Crippen LogP) is 0.150. The smallest absolute Gasteiger partial charge is 0.249 e. The Labute approximate surface area is 122 Å². The molecule has 0 bridgehead atoms. The van der Waals surface area contributed by atoms with Crippen molar-refractivity contribution in [3.8, 4) is 0 Å². The molecule has 0 saturated carbocycles. The zero-order chi connectivity index (χ0) is 15.1. The lowest BCUT2D eigenvalue weighted by atomic mass is 10.1. The first-order valence-corrected chi connectivity index (χ1v) is 6.56. The van der Waals surface area contributed by atoms with Crippen molar-refractivity contribution in [1.29, 1.82) is 0 Å². The van der Waals surface area contributed by atoms with Crippen molar-refractivity contribution >= 4 is 12.2 Å². The van der Waals surface area contributed by atoms with E-state index in [1.807, 2.05) is 30.3 Å². The van der Waals surface area contributed by atoms with Gasteiger partial charge in [0.2, 0.25) is 12.2 Å². The van der Waals surface area contributed by atoms with Gasteiger partial charge in [0.1, 0.15) is 12.1 Å². The molecule has 0 aliphatic rings. The first kappa shape index (κ1) is 14.9. The van der Waals surface area contributed by atoms with Crippen LogP contribution in [0.2, 0.25) is 0 Å². The number of nitrogens with zero attached hydrogens (tertiary/aromatic N) is 1. The number of hydrogen-bond donors (Lipinski definition) is 3. The number of aromatic nitrogens is 2. The Bertz CT molecular complexity index is 569. The molecule has 1 aromatic heterocycles. The Balaban J connectivity index is 1.88. The summed E-state index contributed by atoms with van der Waals surface area (Å²) in [5.74, 6) is -0.595. The van der Waals surface area contributed by atoms with E-state index in [-0.39, 0.29) is 12.8 Å². The molecule has 0 spiro atoms. The zero-order valence-corrected chi connectivity index (χ0v) is 11.3. The maximum absolute atomic E-state index is 11.9. The summed E-state index contributed by atoms with van der Waals surface area (Å²) < 4.78 is 0. The third-order valence-electron chi connectivity index (χ3n) is 3.00. The molecule has 1 aromatic carbocycles. The number of aliphatic hydroxyl groups is 1. The normalized spacial score (nSPS) is 13.4. The van der Waals surface area contributed by atoms with Gasteiger partial charge >= 0.3 is 0 Å². The van der Waals surface area contributed by atoms with Crippen LogP contribution in [-0.4, -0.2) is 39.4 Å². The van der Waals surface area contributed by atoms with Crippen molar-refractivity contribution in [3.63, 3.8) is 0 Å². The summed E-state index contributed by atoms with van der Waals surface area (Å²) in [5, 5.41) is 12.3. The van der Waals surface area contributed by atoms with E-state index in [4.69, 9.17) is 0 Å². The molecule has 0 saturated heterocycles. The number of amides is 1. The van der Waals surface area contributed by atoms with Crippen molar-refractivity contribution < 1.29 is 14.7 Å². The molecule has 0 fully saturated rings. The highest BCUT2D eigenvalue weighted by Crippen LogP contribution is 2.04. The fraction of sp³-hybridized carbons (Fsp3) is 0.267. The average Bonchev–Trinajstić information content (AvgIpc) is 3.00. The van der Waals surface area contributed by atoms with Gasteiger partial charge in [0.15, 0.2) is 0 Å². The molecule has 1 heterocycles. The van der Waals surface area contributed by atoms with E-state index in [0.29, 0.717) is 5.69 Å². The number of benzene rings is 1. The van der Waals surface area contributed by atoms with Crippen LogP contribution in [0.1, 0.15) is 11.3 Å². The highest BCUT2D eigenvalue weighted by atomic mass is 16.3. The molecule has 3 N–H and O–H groups in total. The van der Waals surface area contributed by atoms with Gasteiger partial charge in [-0.3, -0.25) is 9.59 Å². The topological polar surface area (TPSA) is 95.1 Å². The summed E-state index contributed by atoms with van der Waals surface area (Å²) in [6.45, 7) is 0. The van der Waals surface area contributed by atoms with E-state index >= 15 is 0 Å². The quantitative estimate of drug-likeness (QED) is 0.675. The summed E-state index contributed by atoms with van der Waals surface area (Å²) in [7, 11) is 0. The largest absolute Gasteiger partial charge is 0.383 e. The summed E-state index contributed by atoms with van der Waals surface area (Å²) in [6, 6.07) is 8.34. The Hall–Kier alpha value is -2.47. The van der Waals surface area contributed by atoms with Crippen LogP contribution in [0, 0.1) is 0 Å². The minimum Gasteiger partial charge on any atom is -0.383 e. The number of nitrogens with one attached hydrogen (secondary N) is 2. The van der Waals surface area contributed by atoms with Gasteiger partial charge in [0.05, 0.1) is 12.0 Å². The number of hydrogen-bond acceptors (Lipinski definition) is 4. The molecule has 6 nitrogen and oxygen atoms in total. The molecular formula is C15H16N3O3. The lowest BCUT2D eigenvalue weighted by molar-refractivity contribution is -0.129. The van der Waals surface area contributed by atoms with E-state index in [1.54, 1.807) is 12.5 Å². The van der Waals surface area contributed by atoms with Crippen LogP contribution >= 0.6 is 0 Å². The number of imidazole rings is 1. The second kappa shape index (κ2) is 7.35. The van der Waals surface area contributed by atoms with Crippen molar-refractivity contribution in [1.82, 2.24) is 15.3 Å². The molecule has 1 amide bonds. The maximum Gasteiger partial charge on any atom is 0.249 e. The van der Waals surface area contributed by atoms with E-state index < -0.39 is 18.1 Å². The summed E-state index contributed by atoms with van der Waals surface area (Å²) in [5.41, 5.74) is 1.49. The second-order valence-corrected chi connectivity index (χ2v) is 4.65. The molecule has 0 aliphatic heterocycles. The highest BCUT2D eigenvalue weighted by molar-refractivity contribution is 5.83. The van der Waals surface area contributed by atoms with Crippen molar-refractivity contribution in [2.75, 3.05) is 0 Å². The van der Waals surface area contributed by atoms with Crippen LogP contribution in [0.4, 0.5) is 0 Å². The monoisotopic (exact) mass is 286 g/mol. The van der Waals surface area contributed by atoms with Crippen LogP contribution in [0.25, 0.3) is 0 Å². The third-order valence-corrected chi connectivity index (χ3v) is 3.00. The highest BCUT2D eigenvalue weighted by Gasteiger charge is 2.20. The van der Waals surface area contributed by atoms with E-state index in [1.165, 1.54) is 6.33 Å². The number of rotatable bonds is 7. The molecule has 1 unspecified atom stereocenters. The van der Waals surface area contributed by atoms with Crippen LogP contribution in [0.3, 0.4) is 0 Å². The van der Waals surface area contributed by atoms with Gasteiger partial charge in [-0.15, -0.1) is 0 Å². The van der Waals surface area contributed by atoms with Gasteiger partial charge < -0.3 is 15.4 Å². The number of H-pyrrole nitrogens is 1. The predicted molar refractivity (Wildman–Crippen MR) is 76.1 cm³/mol. The van der Waals surface area contributed by atoms with E-state index in [2.05, 4.69) is 15.3 Å². The fourth-order valence-corrected chi connectivity index (χ4v) is 1.93. The second-order valence-electron chi connectivity index (χ2n) is 4.65. The third kappa shape index (κ3) is 4.54. The summed E-state index contributed by atoms with van der Waals surface area (Å²) in [6.07, 6.45) is 4.09. The maximum atomic E-state index is 11.9. The van der Waals surface area contributed by atoms with Crippen molar-refractivity contribution in [3.05, 3.63) is 54.1 Å². The zero-order valence-electron chi connectivity index (χ0n) is 11.3. The fourth-order valence-electron chi connectivity index (χ4n) is 1.93. The van der Waals surface area contributed by atoms with Crippen molar-refractivity contribution in [2.24, 2.45) is 0 Å². The first-order chi connectivity index (χ1) is 10.2. The van der Waals surface area contributed by atoms with Crippen LogP contribution in [0.15, 0.2) is 42.9 Å².